The third kappa shape index (κ3) is 3.95. The van der Waals surface area contributed by atoms with Crippen LogP contribution in [0.1, 0.15) is 28.8 Å². The van der Waals surface area contributed by atoms with E-state index in [2.05, 4.69) is 5.32 Å². The van der Waals surface area contributed by atoms with Crippen LogP contribution in [-0.4, -0.2) is 83.1 Å². The van der Waals surface area contributed by atoms with Crippen LogP contribution in [0.2, 0.25) is 5.82 Å². The van der Waals surface area contributed by atoms with E-state index in [9.17, 15) is 24.7 Å². The van der Waals surface area contributed by atoms with Crippen LogP contribution in [-0.2, 0) is 4.79 Å². The van der Waals surface area contributed by atoms with Gasteiger partial charge in [-0.3, -0.25) is 9.69 Å². The summed E-state index contributed by atoms with van der Waals surface area (Å²) >= 11 is 0. The van der Waals surface area contributed by atoms with Gasteiger partial charge in [0.2, 0.25) is 5.91 Å². The van der Waals surface area contributed by atoms with E-state index in [4.69, 9.17) is 20.9 Å². The summed E-state index contributed by atoms with van der Waals surface area (Å²) in [6.45, 7) is 0.307. The molecule has 3 aliphatic rings. The van der Waals surface area contributed by atoms with Gasteiger partial charge in [-0.25, -0.2) is 4.79 Å². The maximum Gasteiger partial charge on any atom is 0.438 e. The quantitative estimate of drug-likeness (QED) is 0.204. The van der Waals surface area contributed by atoms with Gasteiger partial charge in [0.15, 0.2) is 0 Å². The molecule has 1 unspecified atom stereocenters. The van der Waals surface area contributed by atoms with Gasteiger partial charge in [-0.15, -0.1) is 6.08 Å². The molecule has 2 aliphatic heterocycles. The summed E-state index contributed by atoms with van der Waals surface area (Å²) in [6.07, 6.45) is 3.12. The topological polar surface area (TPSA) is 181 Å². The van der Waals surface area contributed by atoms with Crippen LogP contribution >= 0.6 is 0 Å². The van der Waals surface area contributed by atoms with E-state index < -0.39 is 24.1 Å². The molecule has 0 saturated carbocycles. The Kier molecular flexibility index (Phi) is 5.67. The summed E-state index contributed by atoms with van der Waals surface area (Å²) < 4.78 is 11.2. The number of nitrogens with two attached hydrogens (primary N) is 2. The number of likely N-dealkylation sites (tertiary alicyclic amines) is 1. The van der Waals surface area contributed by atoms with Crippen molar-refractivity contribution in [1.82, 2.24) is 10.2 Å². The van der Waals surface area contributed by atoms with Gasteiger partial charge in [0.05, 0.1) is 5.75 Å². The summed E-state index contributed by atoms with van der Waals surface area (Å²) in [5.41, 5.74) is 10.8. The maximum atomic E-state index is 12.2. The Morgan fingerprint density at radius 1 is 1.34 bits per heavy atom. The molecule has 3 atom stereocenters. The Morgan fingerprint density at radius 2 is 2.06 bits per heavy atom. The highest BCUT2D eigenvalue weighted by atomic mass is 16.6. The van der Waals surface area contributed by atoms with Gasteiger partial charge in [-0.1, -0.05) is 12.1 Å². The first-order chi connectivity index (χ1) is 15.0. The molecule has 174 valence electrons. The number of allylic oxidation sites excluding steroid dienone is 2. The second-order valence-corrected chi connectivity index (χ2v) is 8.92. The lowest BCUT2D eigenvalue weighted by Gasteiger charge is -2.50. The maximum absolute atomic E-state index is 12.2. The Morgan fingerprint density at radius 3 is 2.66 bits per heavy atom. The van der Waals surface area contributed by atoms with Crippen LogP contribution < -0.4 is 26.2 Å². The first-order valence-corrected chi connectivity index (χ1v) is 10.6. The fourth-order valence-electron chi connectivity index (χ4n) is 4.43. The molecule has 11 nitrogen and oxygen atoms in total. The Hall–Kier alpha value is -2.64. The molecular formula is C20H28BN4O7-. The fourth-order valence-corrected chi connectivity index (χ4v) is 4.43. The number of nitrogens with zero attached hydrogens (tertiary/aromatic N) is 1. The molecular weight excluding hydrogens is 419 g/mol. The van der Waals surface area contributed by atoms with E-state index in [-0.39, 0.29) is 35.0 Å². The summed E-state index contributed by atoms with van der Waals surface area (Å²) in [6, 6.07) is 3.26. The van der Waals surface area contributed by atoms with Gasteiger partial charge in [-0.2, -0.15) is 0 Å². The first-order valence-electron chi connectivity index (χ1n) is 10.6. The molecule has 1 amide bonds. The largest absolute Gasteiger partial charge is 0.669 e. The number of hydrogen-bond acceptors (Lipinski definition) is 9. The standard InChI is InChI=1S/C20H28BN4O7/c1-20(23,19(28)24-7-6-22)10-25-8-11(9-25)31-15-5-3-13-12-2-4-14(12)21(29,30)32-17(13)16(15)18(26)27/h2-5,11-12,14,29-30H,6-10,22-23H2,1H3,(H,24,28)(H,26,27)/q-1/t12-,14-,20?/m1/s1. The zero-order valence-corrected chi connectivity index (χ0v) is 17.7. The Balaban J connectivity index is 1.44. The third-order valence-electron chi connectivity index (χ3n) is 6.19. The van der Waals surface area contributed by atoms with Crippen molar-refractivity contribution >= 4 is 18.6 Å². The van der Waals surface area contributed by atoms with E-state index in [1.807, 2.05) is 4.90 Å². The lowest BCUT2D eigenvalue weighted by Crippen LogP contribution is -2.64. The minimum absolute atomic E-state index is 0.0760. The predicted octanol–water partition coefficient (Wildman–Crippen LogP) is -1.42. The molecule has 1 fully saturated rings. The number of carboxylic acids is 1. The Bertz CT molecular complexity index is 962. The molecule has 1 aromatic carbocycles. The van der Waals surface area contributed by atoms with Gasteiger partial charge in [0.1, 0.15) is 23.0 Å². The number of hydrogen-bond donors (Lipinski definition) is 6. The monoisotopic (exact) mass is 447 g/mol. The minimum Gasteiger partial charge on any atom is -0.669 e. The molecule has 32 heavy (non-hydrogen) atoms. The molecule has 12 heteroatoms. The first kappa shape index (κ1) is 22.6. The molecule has 8 N–H and O–H groups in total. The second-order valence-electron chi connectivity index (χ2n) is 8.92. The average Bonchev–Trinajstić information content (AvgIpc) is 2.63. The van der Waals surface area contributed by atoms with E-state index in [1.165, 1.54) is 0 Å². The van der Waals surface area contributed by atoms with Crippen molar-refractivity contribution in [3.8, 4) is 11.5 Å². The predicted molar refractivity (Wildman–Crippen MR) is 115 cm³/mol. The van der Waals surface area contributed by atoms with Crippen LogP contribution in [0.25, 0.3) is 0 Å². The van der Waals surface area contributed by atoms with E-state index in [1.54, 1.807) is 31.2 Å². The zero-order chi connectivity index (χ0) is 23.3. The SMILES string of the molecule is CC(N)(CN1CC(Oc2ccc3c(c2C(=O)O)O[B-](O)(O)[C@@H]2C=C[C@H]32)C1)C(=O)NCCN. The molecule has 4 rings (SSSR count). The van der Waals surface area contributed by atoms with Gasteiger partial charge in [0, 0.05) is 32.7 Å². The van der Waals surface area contributed by atoms with Crippen LogP contribution in [0.15, 0.2) is 24.3 Å². The van der Waals surface area contributed by atoms with Crippen LogP contribution in [0.4, 0.5) is 0 Å². The average molecular weight is 447 g/mol. The number of aromatic carboxylic acids is 1. The van der Waals surface area contributed by atoms with Crippen molar-refractivity contribution in [1.29, 1.82) is 0 Å². The number of benzene rings is 1. The van der Waals surface area contributed by atoms with Gasteiger partial charge < -0.3 is 41.3 Å². The lowest BCUT2D eigenvalue weighted by molar-refractivity contribution is -0.127. The molecule has 0 aromatic heterocycles. The number of rotatable bonds is 8. The molecule has 1 aromatic rings. The van der Waals surface area contributed by atoms with Crippen LogP contribution in [0, 0.1) is 0 Å². The van der Waals surface area contributed by atoms with Crippen molar-refractivity contribution in [3.05, 3.63) is 35.4 Å². The lowest BCUT2D eigenvalue weighted by atomic mass is 9.50. The highest BCUT2D eigenvalue weighted by molar-refractivity contribution is 6.62. The van der Waals surface area contributed by atoms with Crippen molar-refractivity contribution in [2.45, 2.75) is 30.3 Å². The number of amides is 1. The zero-order valence-electron chi connectivity index (χ0n) is 17.7. The van der Waals surface area contributed by atoms with Crippen molar-refractivity contribution < 1.29 is 34.1 Å². The van der Waals surface area contributed by atoms with Crippen molar-refractivity contribution in [2.24, 2.45) is 11.5 Å². The number of carbonyl (C=O) groups is 2. The summed E-state index contributed by atoms with van der Waals surface area (Å²) in [4.78, 5) is 26.1. The molecule has 0 spiro atoms. The van der Waals surface area contributed by atoms with E-state index >= 15 is 0 Å². The number of fused-ring (bicyclic) bond motifs is 3. The summed E-state index contributed by atoms with van der Waals surface area (Å²) in [7, 11) is 0. The van der Waals surface area contributed by atoms with Gasteiger partial charge in [-0.05, 0) is 30.3 Å². The minimum atomic E-state index is -3.21. The summed E-state index contributed by atoms with van der Waals surface area (Å²) in [5, 5.41) is 32.9. The third-order valence-corrected chi connectivity index (χ3v) is 6.19. The fraction of sp³-hybridized carbons (Fsp3) is 0.500. The summed E-state index contributed by atoms with van der Waals surface area (Å²) in [5.74, 6) is -2.48. The van der Waals surface area contributed by atoms with Crippen LogP contribution in [0.3, 0.4) is 0 Å². The van der Waals surface area contributed by atoms with Gasteiger partial charge in [0.25, 0.3) is 0 Å². The van der Waals surface area contributed by atoms with E-state index in [0.29, 0.717) is 38.3 Å². The molecule has 2 heterocycles. The normalized spacial score (nSPS) is 25.3. The number of carbonyl (C=O) groups excluding carboxylic acids is 1. The smallest absolute Gasteiger partial charge is 0.438 e. The molecule has 1 saturated heterocycles. The molecule has 0 radical (unpaired) electrons. The Labute approximate surface area is 185 Å². The number of nitrogens with one attached hydrogen (secondary N) is 1. The number of carboxylic acid groups (broad SMARTS) is 1. The molecule has 1 aliphatic carbocycles. The van der Waals surface area contributed by atoms with E-state index in [0.717, 1.165) is 0 Å². The van der Waals surface area contributed by atoms with Gasteiger partial charge >= 0.3 is 12.7 Å². The highest BCUT2D eigenvalue weighted by Gasteiger charge is 2.48. The molecule has 0 bridgehead atoms. The van der Waals surface area contributed by atoms with Crippen molar-refractivity contribution in [2.75, 3.05) is 32.7 Å². The van der Waals surface area contributed by atoms with Crippen molar-refractivity contribution in [3.63, 3.8) is 0 Å². The van der Waals surface area contributed by atoms with Crippen LogP contribution in [0.5, 0.6) is 11.5 Å². The second kappa shape index (κ2) is 8.05. The number of ether oxygens (including phenoxy) is 1. The highest BCUT2D eigenvalue weighted by Crippen LogP contribution is 2.54.